The van der Waals surface area contributed by atoms with Crippen LogP contribution in [0.15, 0.2) is 18.2 Å². The van der Waals surface area contributed by atoms with Crippen LogP contribution in [0.2, 0.25) is 5.02 Å². The maximum atomic E-state index is 12.4. The molecule has 1 aromatic rings. The number of carbonyl (C=O) groups is 1. The maximum absolute atomic E-state index is 12.4. The van der Waals surface area contributed by atoms with Gasteiger partial charge in [0, 0.05) is 12.2 Å². The molecule has 1 aliphatic rings. The van der Waals surface area contributed by atoms with Gasteiger partial charge < -0.3 is 20.7 Å². The summed E-state index contributed by atoms with van der Waals surface area (Å²) >= 11 is 6.23. The van der Waals surface area contributed by atoms with Crippen molar-refractivity contribution in [3.8, 4) is 5.75 Å². The molecule has 5 nitrogen and oxygen atoms in total. The fourth-order valence-corrected chi connectivity index (χ4v) is 2.93. The zero-order valence-corrected chi connectivity index (χ0v) is 17.1. The highest BCUT2D eigenvalue weighted by atomic mass is 35.5. The predicted molar refractivity (Wildman–Crippen MR) is 109 cm³/mol. The molecule has 1 fully saturated rings. The summed E-state index contributed by atoms with van der Waals surface area (Å²) in [6.07, 6.45) is 4.63. The van der Waals surface area contributed by atoms with E-state index in [4.69, 9.17) is 22.1 Å². The van der Waals surface area contributed by atoms with Crippen molar-refractivity contribution in [1.82, 2.24) is 4.90 Å². The van der Waals surface area contributed by atoms with Gasteiger partial charge in [-0.3, -0.25) is 4.79 Å². The molecule has 0 heterocycles. The molecule has 0 unspecified atom stereocenters. The van der Waals surface area contributed by atoms with Crippen LogP contribution in [0.5, 0.6) is 5.75 Å². The topological polar surface area (TPSA) is 67.6 Å². The van der Waals surface area contributed by atoms with E-state index in [1.165, 1.54) is 0 Å². The van der Waals surface area contributed by atoms with E-state index in [2.05, 4.69) is 5.32 Å². The summed E-state index contributed by atoms with van der Waals surface area (Å²) in [4.78, 5) is 14.5. The van der Waals surface area contributed by atoms with Gasteiger partial charge in [0.2, 0.25) is 5.91 Å². The highest BCUT2D eigenvalue weighted by Crippen LogP contribution is 2.30. The van der Waals surface area contributed by atoms with E-state index in [1.807, 2.05) is 19.0 Å². The Kier molecular flexibility index (Phi) is 10.8. The van der Waals surface area contributed by atoms with Crippen LogP contribution in [0, 0.1) is 0 Å². The van der Waals surface area contributed by atoms with Gasteiger partial charge in [0.15, 0.2) is 0 Å². The van der Waals surface area contributed by atoms with E-state index in [9.17, 15) is 4.79 Å². The van der Waals surface area contributed by atoms with Gasteiger partial charge in [-0.2, -0.15) is 0 Å². The largest absolute Gasteiger partial charge is 0.491 e. The third-order valence-corrected chi connectivity index (χ3v) is 4.48. The average Bonchev–Trinajstić information content (AvgIpc) is 2.50. The zero-order valence-electron chi connectivity index (χ0n) is 14.7. The van der Waals surface area contributed by atoms with Gasteiger partial charge in [0.25, 0.3) is 0 Å². The fraction of sp³-hybridized carbons (Fsp3) is 0.588. The second-order valence-corrected chi connectivity index (χ2v) is 6.88. The Morgan fingerprint density at radius 3 is 2.48 bits per heavy atom. The van der Waals surface area contributed by atoms with Crippen molar-refractivity contribution < 1.29 is 9.53 Å². The van der Waals surface area contributed by atoms with Gasteiger partial charge in [0.1, 0.15) is 12.4 Å². The monoisotopic (exact) mass is 411 g/mol. The van der Waals surface area contributed by atoms with E-state index in [1.54, 1.807) is 18.2 Å². The Morgan fingerprint density at radius 2 is 1.92 bits per heavy atom. The summed E-state index contributed by atoms with van der Waals surface area (Å²) in [5, 5.41) is 3.37. The molecule has 1 aromatic carbocycles. The van der Waals surface area contributed by atoms with Crippen LogP contribution in [0.4, 0.5) is 5.69 Å². The van der Waals surface area contributed by atoms with Gasteiger partial charge in [0.05, 0.1) is 10.6 Å². The fourth-order valence-electron chi connectivity index (χ4n) is 2.70. The van der Waals surface area contributed by atoms with Crippen molar-refractivity contribution in [2.45, 2.75) is 37.6 Å². The molecule has 8 heteroatoms. The van der Waals surface area contributed by atoms with E-state index in [-0.39, 0.29) is 30.7 Å². The molecule has 1 saturated carbocycles. The SMILES string of the molecule is CN(C)CCOc1ccc(NC(=O)C2(N)CCCCC2)cc1Cl.Cl.Cl. The number of ether oxygens (including phenoxy) is 1. The summed E-state index contributed by atoms with van der Waals surface area (Å²) in [6, 6.07) is 5.27. The number of nitrogens with zero attached hydrogens (tertiary/aromatic N) is 1. The summed E-state index contributed by atoms with van der Waals surface area (Å²) in [5.74, 6) is 0.487. The molecule has 25 heavy (non-hydrogen) atoms. The molecule has 3 N–H and O–H groups in total. The Hall–Kier alpha value is -0.720. The lowest BCUT2D eigenvalue weighted by Crippen LogP contribution is -2.52. The zero-order chi connectivity index (χ0) is 16.9. The Labute approximate surface area is 167 Å². The third kappa shape index (κ3) is 7.19. The molecule has 1 amide bonds. The minimum atomic E-state index is -0.758. The smallest absolute Gasteiger partial charge is 0.244 e. The number of hydrogen-bond donors (Lipinski definition) is 2. The van der Waals surface area contributed by atoms with Crippen molar-refractivity contribution in [2.24, 2.45) is 5.73 Å². The van der Waals surface area contributed by atoms with E-state index < -0.39 is 5.54 Å². The number of anilines is 1. The van der Waals surface area contributed by atoms with Crippen molar-refractivity contribution >= 4 is 48.0 Å². The molecule has 144 valence electrons. The molecule has 2 rings (SSSR count). The molecular weight excluding hydrogens is 385 g/mol. The van der Waals surface area contributed by atoms with E-state index in [0.29, 0.717) is 23.1 Å². The second-order valence-electron chi connectivity index (χ2n) is 6.47. The summed E-state index contributed by atoms with van der Waals surface area (Å²) in [5.41, 5.74) is 6.13. The number of nitrogens with two attached hydrogens (primary N) is 1. The summed E-state index contributed by atoms with van der Waals surface area (Å²) in [7, 11) is 3.97. The van der Waals surface area contributed by atoms with Crippen molar-refractivity contribution in [3.63, 3.8) is 0 Å². The molecule has 0 bridgehead atoms. The van der Waals surface area contributed by atoms with Crippen LogP contribution >= 0.6 is 36.4 Å². The first-order valence-corrected chi connectivity index (χ1v) is 8.46. The number of likely N-dealkylation sites (N-methyl/N-ethyl adjacent to an activating group) is 1. The predicted octanol–water partition coefficient (Wildman–Crippen LogP) is 3.72. The normalized spacial score (nSPS) is 15.7. The molecule has 0 aliphatic heterocycles. The Bertz CT molecular complexity index is 550. The first kappa shape index (κ1) is 24.3. The van der Waals surface area contributed by atoms with Crippen molar-refractivity contribution in [2.75, 3.05) is 32.6 Å². The van der Waals surface area contributed by atoms with Crippen LogP contribution in [-0.2, 0) is 4.79 Å². The minimum Gasteiger partial charge on any atom is -0.491 e. The summed E-state index contributed by atoms with van der Waals surface area (Å²) < 4.78 is 5.63. The number of carbonyl (C=O) groups excluding carboxylic acids is 1. The molecule has 0 spiro atoms. The lowest BCUT2D eigenvalue weighted by atomic mass is 9.82. The first-order chi connectivity index (χ1) is 10.9. The number of hydrogen-bond acceptors (Lipinski definition) is 4. The second kappa shape index (κ2) is 11.1. The number of halogens is 3. The molecule has 1 aliphatic carbocycles. The standard InChI is InChI=1S/C17H26ClN3O2.2ClH/c1-21(2)10-11-23-15-7-6-13(12-14(15)18)20-16(22)17(19)8-4-3-5-9-17;;/h6-7,12H,3-5,8-11,19H2,1-2H3,(H,20,22);2*1H. The quantitative estimate of drug-likeness (QED) is 0.747. The minimum absolute atomic E-state index is 0. The van der Waals surface area contributed by atoms with E-state index >= 15 is 0 Å². The van der Waals surface area contributed by atoms with Gasteiger partial charge in [-0.25, -0.2) is 0 Å². The van der Waals surface area contributed by atoms with Crippen LogP contribution in [0.3, 0.4) is 0 Å². The first-order valence-electron chi connectivity index (χ1n) is 8.08. The molecule has 0 atom stereocenters. The summed E-state index contributed by atoms with van der Waals surface area (Å²) in [6.45, 7) is 1.37. The number of benzene rings is 1. The van der Waals surface area contributed by atoms with Gasteiger partial charge >= 0.3 is 0 Å². The van der Waals surface area contributed by atoms with Crippen molar-refractivity contribution in [3.05, 3.63) is 23.2 Å². The number of rotatable bonds is 6. The average molecular weight is 413 g/mol. The lowest BCUT2D eigenvalue weighted by molar-refractivity contribution is -0.122. The maximum Gasteiger partial charge on any atom is 0.244 e. The van der Waals surface area contributed by atoms with E-state index in [0.717, 1.165) is 38.6 Å². The van der Waals surface area contributed by atoms with Gasteiger partial charge in [-0.15, -0.1) is 24.8 Å². The highest BCUT2D eigenvalue weighted by molar-refractivity contribution is 6.32. The number of amides is 1. The Morgan fingerprint density at radius 1 is 1.28 bits per heavy atom. The Balaban J connectivity index is 0.00000288. The highest BCUT2D eigenvalue weighted by Gasteiger charge is 2.35. The van der Waals surface area contributed by atoms with Crippen LogP contribution in [-0.4, -0.2) is 43.6 Å². The van der Waals surface area contributed by atoms with Gasteiger partial charge in [-0.1, -0.05) is 30.9 Å². The molecule has 0 saturated heterocycles. The molecule has 0 aromatic heterocycles. The number of nitrogens with one attached hydrogen (secondary N) is 1. The van der Waals surface area contributed by atoms with Crippen LogP contribution in [0.25, 0.3) is 0 Å². The van der Waals surface area contributed by atoms with Crippen LogP contribution in [0.1, 0.15) is 32.1 Å². The van der Waals surface area contributed by atoms with Gasteiger partial charge in [-0.05, 0) is 45.1 Å². The lowest BCUT2D eigenvalue weighted by Gasteiger charge is -2.31. The van der Waals surface area contributed by atoms with Crippen LogP contribution < -0.4 is 15.8 Å². The van der Waals surface area contributed by atoms with Crippen molar-refractivity contribution in [1.29, 1.82) is 0 Å². The third-order valence-electron chi connectivity index (χ3n) is 4.18. The molecular formula is C17H28Cl3N3O2. The molecule has 0 radical (unpaired) electrons.